The lowest BCUT2D eigenvalue weighted by atomic mass is 9.64. The van der Waals surface area contributed by atoms with Gasteiger partial charge < -0.3 is 19.8 Å². The summed E-state index contributed by atoms with van der Waals surface area (Å²) in [6.45, 7) is 10.7. The molecule has 0 spiro atoms. The summed E-state index contributed by atoms with van der Waals surface area (Å²) in [6.07, 6.45) is 7.67. The Hall–Kier alpha value is -3.63. The number of fused-ring (bicyclic) bond motifs is 11. The SMILES string of the molecule is CC1=CCC[C@@]2(C)[C@@H](CC[C@@]2(O)CN(CCc2cccs2)C(=O)[C@@]23CC[C@@](C)(C(=O)O2)C3(C)C)c2ccc(cc2C(=O)c2cc3ccccc3s2)C[C@@H](O)CC1. The number of hydrogen-bond donors (Lipinski definition) is 2. The Morgan fingerprint density at radius 1 is 0.964 bits per heavy atom. The van der Waals surface area contributed by atoms with Crippen LogP contribution in [0.25, 0.3) is 10.1 Å². The minimum absolute atomic E-state index is 0.0421. The lowest BCUT2D eigenvalue weighted by Crippen LogP contribution is -2.60. The van der Waals surface area contributed by atoms with E-state index in [1.165, 1.54) is 16.9 Å². The van der Waals surface area contributed by atoms with Crippen LogP contribution < -0.4 is 0 Å². The van der Waals surface area contributed by atoms with Gasteiger partial charge in [-0.25, -0.2) is 0 Å². The van der Waals surface area contributed by atoms with Crippen molar-refractivity contribution in [2.75, 3.05) is 13.1 Å². The number of ether oxygens (including phenoxy) is 1. The second kappa shape index (κ2) is 14.3. The molecule has 1 aliphatic heterocycles. The van der Waals surface area contributed by atoms with E-state index in [2.05, 4.69) is 38.1 Å². The zero-order valence-electron chi connectivity index (χ0n) is 33.4. The first-order chi connectivity index (χ1) is 26.6. The summed E-state index contributed by atoms with van der Waals surface area (Å²) < 4.78 is 7.21. The van der Waals surface area contributed by atoms with Gasteiger partial charge in [0, 0.05) is 32.5 Å². The summed E-state index contributed by atoms with van der Waals surface area (Å²) >= 11 is 3.15. The van der Waals surface area contributed by atoms with Crippen LogP contribution in [0.1, 0.15) is 123 Å². The van der Waals surface area contributed by atoms with Gasteiger partial charge in [-0.05, 0) is 130 Å². The van der Waals surface area contributed by atoms with E-state index in [0.717, 1.165) is 32.5 Å². The van der Waals surface area contributed by atoms with E-state index in [0.29, 0.717) is 74.8 Å². The molecule has 9 heteroatoms. The van der Waals surface area contributed by atoms with Crippen molar-refractivity contribution in [3.63, 3.8) is 0 Å². The topological polar surface area (TPSA) is 104 Å². The predicted octanol–water partition coefficient (Wildman–Crippen LogP) is 9.43. The Bertz CT molecular complexity index is 2170. The fourth-order valence-corrected chi connectivity index (χ4v) is 12.4. The molecule has 2 N–H and O–H groups in total. The number of amides is 1. The summed E-state index contributed by atoms with van der Waals surface area (Å²) in [6, 6.07) is 20.2. The van der Waals surface area contributed by atoms with Gasteiger partial charge in [-0.2, -0.15) is 0 Å². The number of aliphatic hydroxyl groups excluding tert-OH is 1. The van der Waals surface area contributed by atoms with Crippen LogP contribution in [0.15, 0.2) is 77.7 Å². The maximum absolute atomic E-state index is 15.2. The lowest BCUT2D eigenvalue weighted by molar-refractivity contribution is -0.177. The van der Waals surface area contributed by atoms with Crippen molar-refractivity contribution in [1.82, 2.24) is 4.90 Å². The van der Waals surface area contributed by atoms with Gasteiger partial charge in [0.2, 0.25) is 5.78 Å². The van der Waals surface area contributed by atoms with Crippen molar-refractivity contribution in [2.24, 2.45) is 16.2 Å². The molecule has 56 heavy (non-hydrogen) atoms. The number of ketones is 1. The molecular weight excluding hydrogens is 739 g/mol. The number of carbonyl (C=O) groups is 3. The Morgan fingerprint density at radius 2 is 1.77 bits per heavy atom. The fraction of sp³-hybridized carbons (Fsp3) is 0.511. The Labute approximate surface area is 338 Å². The van der Waals surface area contributed by atoms with E-state index < -0.39 is 33.6 Å². The van der Waals surface area contributed by atoms with Crippen LogP contribution in [-0.2, 0) is 27.2 Å². The van der Waals surface area contributed by atoms with Gasteiger partial charge in [-0.1, -0.05) is 68.8 Å². The summed E-state index contributed by atoms with van der Waals surface area (Å²) in [5.74, 6) is -0.750. The number of allylic oxidation sites excluding steroid dienone is 2. The van der Waals surface area contributed by atoms with Gasteiger partial charge in [0.15, 0.2) is 5.60 Å². The summed E-state index contributed by atoms with van der Waals surface area (Å²) in [7, 11) is 0. The molecule has 9 rings (SSSR count). The summed E-state index contributed by atoms with van der Waals surface area (Å²) in [5.41, 5.74) is -1.14. The first-order valence-electron chi connectivity index (χ1n) is 20.4. The Kier molecular flexibility index (Phi) is 10.0. The normalized spacial score (nSPS) is 31.2. The molecule has 7 nitrogen and oxygen atoms in total. The van der Waals surface area contributed by atoms with Gasteiger partial charge >= 0.3 is 5.97 Å². The summed E-state index contributed by atoms with van der Waals surface area (Å²) in [5, 5.41) is 27.5. The second-order valence-electron chi connectivity index (χ2n) is 18.2. The van der Waals surface area contributed by atoms with Crippen LogP contribution in [0.3, 0.4) is 0 Å². The van der Waals surface area contributed by atoms with Crippen LogP contribution in [0.2, 0.25) is 0 Å². The van der Waals surface area contributed by atoms with Crippen molar-refractivity contribution >= 4 is 50.4 Å². The van der Waals surface area contributed by atoms with E-state index in [1.807, 2.05) is 73.5 Å². The average molecular weight is 794 g/mol. The first-order valence-corrected chi connectivity index (χ1v) is 22.1. The van der Waals surface area contributed by atoms with E-state index in [9.17, 15) is 19.8 Å². The number of thiophene rings is 2. The highest BCUT2D eigenvalue weighted by Crippen LogP contribution is 2.66. The summed E-state index contributed by atoms with van der Waals surface area (Å²) in [4.78, 5) is 46.9. The van der Waals surface area contributed by atoms with Gasteiger partial charge in [0.1, 0.15) is 0 Å². The molecule has 1 amide bonds. The molecule has 0 radical (unpaired) electrons. The molecule has 4 bridgehead atoms. The number of nitrogens with zero attached hydrogens (tertiary/aromatic N) is 1. The fourth-order valence-electron chi connectivity index (χ4n) is 10.7. The smallest absolute Gasteiger partial charge is 0.313 e. The lowest BCUT2D eigenvalue weighted by Gasteiger charge is -2.47. The Morgan fingerprint density at radius 3 is 2.48 bits per heavy atom. The molecule has 4 aromatic rings. The molecule has 6 atom stereocenters. The van der Waals surface area contributed by atoms with E-state index in [1.54, 1.807) is 11.3 Å². The highest BCUT2D eigenvalue weighted by Gasteiger charge is 2.76. The van der Waals surface area contributed by atoms with Crippen LogP contribution in [0.5, 0.6) is 0 Å². The van der Waals surface area contributed by atoms with Gasteiger partial charge in [-0.15, -0.1) is 22.7 Å². The number of rotatable bonds is 8. The molecule has 1 saturated heterocycles. The number of hydrogen-bond acceptors (Lipinski definition) is 8. The quantitative estimate of drug-likeness (QED) is 0.105. The molecular formula is C47H55NO6S2. The standard InChI is InChI=1S/C47H55NO6S2/c1-30-10-8-20-44(4)37(35-17-15-31(26-33(49)16-14-30)27-36(35)40(50)39-28-32-11-6-7-13-38(32)56-39)18-21-46(44,53)29-48(24-19-34-12-9-25-55-34)41(51)47-23-22-45(5,42(52)54-47)43(47,2)3/h6-7,9-13,15,17,25,27-28,33,37,49,53H,8,14,16,18-24,26,29H2,1-5H3/t33-,37-,44-,45-,46+,47+/m0/s1. The maximum atomic E-state index is 15.2. The van der Waals surface area contributed by atoms with Gasteiger partial charge in [0.25, 0.3) is 5.91 Å². The van der Waals surface area contributed by atoms with Crippen molar-refractivity contribution in [1.29, 1.82) is 0 Å². The second-order valence-corrected chi connectivity index (χ2v) is 20.3. The van der Waals surface area contributed by atoms with E-state index >= 15 is 4.79 Å². The van der Waals surface area contributed by atoms with Crippen molar-refractivity contribution in [3.8, 4) is 0 Å². The van der Waals surface area contributed by atoms with E-state index in [-0.39, 0.29) is 30.1 Å². The molecule has 3 fully saturated rings. The number of benzene rings is 2. The number of esters is 1. The van der Waals surface area contributed by atoms with Crippen LogP contribution in [0, 0.1) is 16.2 Å². The van der Waals surface area contributed by atoms with Crippen molar-refractivity contribution in [3.05, 3.63) is 104 Å². The van der Waals surface area contributed by atoms with Gasteiger partial charge in [0.05, 0.1) is 28.5 Å². The van der Waals surface area contributed by atoms with Crippen molar-refractivity contribution in [2.45, 2.75) is 122 Å². The third kappa shape index (κ3) is 6.23. The third-order valence-corrected chi connectivity index (χ3v) is 17.0. The number of carbonyl (C=O) groups excluding carboxylic acids is 3. The minimum Gasteiger partial charge on any atom is -0.448 e. The Balaban J connectivity index is 1.21. The third-order valence-electron chi connectivity index (χ3n) is 14.9. The zero-order chi connectivity index (χ0) is 39.7. The van der Waals surface area contributed by atoms with Crippen LogP contribution >= 0.6 is 22.7 Å². The molecule has 2 saturated carbocycles. The molecule has 2 aromatic heterocycles. The molecule has 2 aromatic carbocycles. The number of aliphatic hydroxyl groups is 2. The highest BCUT2D eigenvalue weighted by molar-refractivity contribution is 7.21. The highest BCUT2D eigenvalue weighted by atomic mass is 32.1. The molecule has 4 aliphatic carbocycles. The predicted molar refractivity (Wildman–Crippen MR) is 223 cm³/mol. The van der Waals surface area contributed by atoms with Crippen LogP contribution in [0.4, 0.5) is 0 Å². The van der Waals surface area contributed by atoms with Crippen molar-refractivity contribution < 1.29 is 29.3 Å². The monoisotopic (exact) mass is 793 g/mol. The zero-order valence-corrected chi connectivity index (χ0v) is 35.0. The van der Waals surface area contributed by atoms with Crippen LogP contribution in [-0.4, -0.2) is 63.2 Å². The van der Waals surface area contributed by atoms with Gasteiger partial charge in [-0.3, -0.25) is 14.4 Å². The average Bonchev–Trinajstić information content (AvgIpc) is 3.97. The van der Waals surface area contributed by atoms with E-state index in [4.69, 9.17) is 4.74 Å². The molecule has 5 aliphatic rings. The molecule has 0 unspecified atom stereocenters. The molecule has 296 valence electrons. The minimum atomic E-state index is -1.31. The molecule has 3 heterocycles. The first kappa shape index (κ1) is 39.2. The largest absolute Gasteiger partial charge is 0.448 e. The maximum Gasteiger partial charge on any atom is 0.313 e.